The molecule has 0 saturated heterocycles. The van der Waals surface area contributed by atoms with Crippen molar-refractivity contribution in [3.05, 3.63) is 64.2 Å². The van der Waals surface area contributed by atoms with E-state index in [0.717, 1.165) is 56.9 Å². The number of benzene rings is 3. The zero-order valence-electron chi connectivity index (χ0n) is 25.6. The van der Waals surface area contributed by atoms with Gasteiger partial charge in [-0.3, -0.25) is 4.79 Å². The minimum Gasteiger partial charge on any atom is -0.508 e. The molecule has 3 N–H and O–H groups in total. The minimum absolute atomic E-state index is 0.114. The Balaban J connectivity index is 1.29. The number of carbonyl (C=O) groups excluding carboxylic acids is 1. The number of carbonyl (C=O) groups is 1. The highest BCUT2D eigenvalue weighted by atomic mass is 33.1. The summed E-state index contributed by atoms with van der Waals surface area (Å²) in [6, 6.07) is 12.0. The first-order chi connectivity index (χ1) is 21.9. The van der Waals surface area contributed by atoms with Crippen molar-refractivity contribution in [2.45, 2.75) is 68.8 Å². The Hall–Kier alpha value is -3.21. The van der Waals surface area contributed by atoms with Crippen molar-refractivity contribution < 1.29 is 34.0 Å². The lowest BCUT2D eigenvalue weighted by molar-refractivity contribution is -0.141. The maximum atomic E-state index is 12.0. The number of phenols is 2. The highest BCUT2D eigenvalue weighted by Gasteiger charge is 2.43. The molecule has 2 heterocycles. The highest BCUT2D eigenvalue weighted by molar-refractivity contribution is 8.76. The van der Waals surface area contributed by atoms with Crippen molar-refractivity contribution in [2.24, 2.45) is 0 Å². The van der Waals surface area contributed by atoms with Crippen molar-refractivity contribution in [2.75, 3.05) is 32.6 Å². The van der Waals surface area contributed by atoms with Gasteiger partial charge in [0.25, 0.3) is 0 Å². The summed E-state index contributed by atoms with van der Waals surface area (Å²) in [5.74, 6) is 3.26. The van der Waals surface area contributed by atoms with E-state index in [9.17, 15) is 15.0 Å². The molecule has 2 aliphatic carbocycles. The Morgan fingerprint density at radius 2 is 1.89 bits per heavy atom. The van der Waals surface area contributed by atoms with Gasteiger partial charge < -0.3 is 34.5 Å². The number of nitrogens with one attached hydrogen (secondary N) is 1. The summed E-state index contributed by atoms with van der Waals surface area (Å²) < 4.78 is 24.5. The van der Waals surface area contributed by atoms with E-state index in [0.29, 0.717) is 36.4 Å². The maximum Gasteiger partial charge on any atom is 0.302 e. The molecule has 0 unspecified atom stereocenters. The van der Waals surface area contributed by atoms with E-state index in [1.165, 1.54) is 32.6 Å². The summed E-state index contributed by atoms with van der Waals surface area (Å²) >= 11 is 0. The number of rotatable bonds is 8. The maximum absolute atomic E-state index is 12.0. The number of ether oxygens (including phenoxy) is 4. The number of hydrogen-bond donors (Lipinski definition) is 3. The first-order valence-electron chi connectivity index (χ1n) is 15.7. The number of fused-ring (bicyclic) bond motifs is 5. The molecule has 238 valence electrons. The molecule has 1 fully saturated rings. The standard InChI is InChI=1S/C35H39NO7S2/c1-19(37)42-16-28-25-7-8-26-32-20(12-24(38)14-31(32)40-2)11-22-18-45-44-17-21-13-29(39)30(41-10-9-36-23-5-3-4-6-23)15-27(21)34(28)43-35(25)33(22)26/h7-8,12-15,22-23,28,34,36,38-39H,3-6,9-11,16-18H2,1-2H3/t22-,28-,34-/m1/s1. The van der Waals surface area contributed by atoms with Crippen LogP contribution in [0, 0.1) is 0 Å². The van der Waals surface area contributed by atoms with Crippen molar-refractivity contribution in [1.82, 2.24) is 5.32 Å². The molecule has 0 radical (unpaired) electrons. The number of esters is 1. The largest absolute Gasteiger partial charge is 0.508 e. The van der Waals surface area contributed by atoms with Crippen LogP contribution in [-0.4, -0.2) is 54.8 Å². The van der Waals surface area contributed by atoms with E-state index in [-0.39, 0.29) is 35.9 Å². The summed E-state index contributed by atoms with van der Waals surface area (Å²) in [6.45, 7) is 2.76. The predicted octanol–water partition coefficient (Wildman–Crippen LogP) is 7.00. The normalized spacial score (nSPS) is 21.7. The summed E-state index contributed by atoms with van der Waals surface area (Å²) in [5.41, 5.74) is 7.10. The molecule has 3 aromatic carbocycles. The number of aromatic hydroxyl groups is 2. The quantitative estimate of drug-likeness (QED) is 0.134. The van der Waals surface area contributed by atoms with E-state index < -0.39 is 6.10 Å². The van der Waals surface area contributed by atoms with E-state index >= 15 is 0 Å². The number of phenolic OH excluding ortho intramolecular Hbond substituents is 2. The van der Waals surface area contributed by atoms with Crippen molar-refractivity contribution in [3.8, 4) is 39.9 Å². The van der Waals surface area contributed by atoms with Gasteiger partial charge in [-0.1, -0.05) is 46.6 Å². The molecule has 8 nitrogen and oxygen atoms in total. The molecular formula is C35H39NO7S2. The molecule has 0 aromatic heterocycles. The van der Waals surface area contributed by atoms with Gasteiger partial charge in [0.1, 0.15) is 36.6 Å². The van der Waals surface area contributed by atoms with Gasteiger partial charge in [-0.2, -0.15) is 0 Å². The zero-order chi connectivity index (χ0) is 31.1. The van der Waals surface area contributed by atoms with Crippen molar-refractivity contribution >= 4 is 27.6 Å². The second-order valence-electron chi connectivity index (χ2n) is 12.3. The molecule has 0 amide bonds. The molecule has 10 heteroatoms. The second-order valence-corrected chi connectivity index (χ2v) is 14.8. The van der Waals surface area contributed by atoms with Crippen LogP contribution in [0.25, 0.3) is 11.1 Å². The van der Waals surface area contributed by atoms with Crippen LogP contribution in [0.5, 0.6) is 28.7 Å². The third-order valence-electron chi connectivity index (χ3n) is 9.48. The fraction of sp³-hybridized carbons (Fsp3) is 0.457. The SMILES string of the molecule is COc1cc(O)cc2c1-c1ccc3c4c1[C@@H](CSSCc1cc(O)c(OCCNC5CCCC5)cc1[C@@H](O4)[C@@H]3COC(C)=O)C2. The lowest BCUT2D eigenvalue weighted by Crippen LogP contribution is -2.30. The lowest BCUT2D eigenvalue weighted by atomic mass is 9.77. The van der Waals surface area contributed by atoms with E-state index in [1.54, 1.807) is 40.8 Å². The average molecular weight is 650 g/mol. The van der Waals surface area contributed by atoms with Gasteiger partial charge >= 0.3 is 5.97 Å². The van der Waals surface area contributed by atoms with Crippen LogP contribution in [0.15, 0.2) is 36.4 Å². The van der Waals surface area contributed by atoms with Crippen LogP contribution in [0.1, 0.15) is 78.4 Å². The lowest BCUT2D eigenvalue weighted by Gasteiger charge is -2.30. The zero-order valence-corrected chi connectivity index (χ0v) is 27.2. The fourth-order valence-corrected chi connectivity index (χ4v) is 9.83. The Morgan fingerprint density at radius 1 is 1.04 bits per heavy atom. The third-order valence-corrected chi connectivity index (χ3v) is 11.9. The van der Waals surface area contributed by atoms with Gasteiger partial charge in [-0.15, -0.1) is 0 Å². The Labute approximate surface area is 271 Å². The Morgan fingerprint density at radius 3 is 2.69 bits per heavy atom. The van der Waals surface area contributed by atoms with E-state index in [1.807, 2.05) is 12.1 Å². The van der Waals surface area contributed by atoms with Gasteiger partial charge in [0.05, 0.1) is 13.0 Å². The molecule has 45 heavy (non-hydrogen) atoms. The van der Waals surface area contributed by atoms with Crippen molar-refractivity contribution in [1.29, 1.82) is 0 Å². The molecule has 7 rings (SSSR count). The number of methoxy groups -OCH3 is 1. The van der Waals surface area contributed by atoms with Crippen LogP contribution in [-0.2, 0) is 21.7 Å². The monoisotopic (exact) mass is 649 g/mol. The van der Waals surface area contributed by atoms with Gasteiger partial charge in [0.2, 0.25) is 0 Å². The topological polar surface area (TPSA) is 106 Å². The molecule has 2 bridgehead atoms. The molecule has 3 atom stereocenters. The molecule has 4 aliphatic rings. The number of hydrogen-bond acceptors (Lipinski definition) is 10. The van der Waals surface area contributed by atoms with Gasteiger partial charge in [0, 0.05) is 65.3 Å². The van der Waals surface area contributed by atoms with Crippen LogP contribution < -0.4 is 19.5 Å². The summed E-state index contributed by atoms with van der Waals surface area (Å²) in [4.78, 5) is 12.0. The van der Waals surface area contributed by atoms with E-state index in [2.05, 4.69) is 17.4 Å². The second kappa shape index (κ2) is 12.9. The molecule has 1 saturated carbocycles. The fourth-order valence-electron chi connectivity index (χ4n) is 7.42. The molecule has 2 aliphatic heterocycles. The Bertz CT molecular complexity index is 1610. The van der Waals surface area contributed by atoms with Crippen LogP contribution in [0.4, 0.5) is 0 Å². The smallest absolute Gasteiger partial charge is 0.302 e. The third kappa shape index (κ3) is 5.92. The predicted molar refractivity (Wildman–Crippen MR) is 177 cm³/mol. The minimum atomic E-state index is -0.437. The molecular weight excluding hydrogens is 611 g/mol. The van der Waals surface area contributed by atoms with Gasteiger partial charge in [0.15, 0.2) is 11.5 Å². The van der Waals surface area contributed by atoms with Crippen molar-refractivity contribution in [3.63, 3.8) is 0 Å². The molecule has 3 aromatic rings. The van der Waals surface area contributed by atoms with Crippen LogP contribution in [0.2, 0.25) is 0 Å². The van der Waals surface area contributed by atoms with Gasteiger partial charge in [-0.25, -0.2) is 0 Å². The summed E-state index contributed by atoms with van der Waals surface area (Å²) in [5, 5.41) is 25.1. The van der Waals surface area contributed by atoms with Gasteiger partial charge in [-0.05, 0) is 54.2 Å². The Kier molecular flexibility index (Phi) is 8.72. The molecule has 0 spiro atoms. The summed E-state index contributed by atoms with van der Waals surface area (Å²) in [6.07, 6.45) is 5.25. The highest BCUT2D eigenvalue weighted by Crippen LogP contribution is 2.58. The van der Waals surface area contributed by atoms with Crippen LogP contribution >= 0.6 is 21.6 Å². The van der Waals surface area contributed by atoms with Crippen LogP contribution in [0.3, 0.4) is 0 Å². The average Bonchev–Trinajstić information content (AvgIpc) is 3.67. The first-order valence-corrected chi connectivity index (χ1v) is 18.2. The summed E-state index contributed by atoms with van der Waals surface area (Å²) in [7, 11) is 5.18. The first kappa shape index (κ1) is 30.4. The van der Waals surface area contributed by atoms with E-state index in [4.69, 9.17) is 18.9 Å².